The van der Waals surface area contributed by atoms with Crippen molar-refractivity contribution in [3.63, 3.8) is 0 Å². The molecule has 0 aliphatic heterocycles. The van der Waals surface area contributed by atoms with Gasteiger partial charge in [0.25, 0.3) is 14.9 Å². The summed E-state index contributed by atoms with van der Waals surface area (Å²) >= 11 is 1.02. The Balaban J connectivity index is 1.95. The van der Waals surface area contributed by atoms with Crippen molar-refractivity contribution in [1.29, 1.82) is 0 Å². The van der Waals surface area contributed by atoms with Crippen molar-refractivity contribution in [3.8, 4) is 10.8 Å². The molecule has 2 aromatic heterocycles. The molecule has 90 valence electrons. The molecule has 1 aliphatic carbocycles. The molecule has 0 N–H and O–H groups in total. The average Bonchev–Trinajstić information content (AvgIpc) is 2.82. The lowest BCUT2D eigenvalue weighted by Crippen LogP contribution is -1.83. The van der Waals surface area contributed by atoms with E-state index in [1.807, 2.05) is 0 Å². The minimum absolute atomic E-state index is 0.0836. The molecule has 0 aromatic carbocycles. The summed E-state index contributed by atoms with van der Waals surface area (Å²) in [6, 6.07) is 3.05. The number of rotatable bonds is 3. The van der Waals surface area contributed by atoms with Gasteiger partial charge in [0.2, 0.25) is 5.89 Å². The first-order valence-electron chi connectivity index (χ1n) is 4.92. The van der Waals surface area contributed by atoms with Crippen molar-refractivity contribution in [2.24, 2.45) is 0 Å². The molecule has 5 nitrogen and oxygen atoms in total. The molecule has 0 saturated heterocycles. The Morgan fingerprint density at radius 2 is 2.12 bits per heavy atom. The summed E-state index contributed by atoms with van der Waals surface area (Å²) in [5.41, 5.74) is 0. The Bertz CT molecular complexity index is 657. The Hall–Kier alpha value is -0.920. The van der Waals surface area contributed by atoms with Gasteiger partial charge in [-0.15, -0.1) is 21.5 Å². The molecule has 17 heavy (non-hydrogen) atoms. The van der Waals surface area contributed by atoms with Crippen LogP contribution in [0.1, 0.15) is 24.7 Å². The maximum absolute atomic E-state index is 11.1. The maximum atomic E-state index is 11.1. The van der Waals surface area contributed by atoms with Crippen LogP contribution in [0.25, 0.3) is 10.8 Å². The van der Waals surface area contributed by atoms with E-state index in [1.54, 1.807) is 6.07 Å². The van der Waals surface area contributed by atoms with Crippen LogP contribution < -0.4 is 0 Å². The Morgan fingerprint density at radius 1 is 1.35 bits per heavy atom. The van der Waals surface area contributed by atoms with Gasteiger partial charge >= 0.3 is 0 Å². The summed E-state index contributed by atoms with van der Waals surface area (Å²) in [5, 5.41) is 7.83. The molecule has 0 unspecified atom stereocenters. The van der Waals surface area contributed by atoms with E-state index in [1.165, 1.54) is 6.07 Å². The minimum Gasteiger partial charge on any atom is -0.420 e. The normalized spacial score (nSPS) is 16.3. The summed E-state index contributed by atoms with van der Waals surface area (Å²) < 4.78 is 27.8. The van der Waals surface area contributed by atoms with Crippen molar-refractivity contribution in [3.05, 3.63) is 18.0 Å². The number of nitrogens with zero attached hydrogens (tertiary/aromatic N) is 2. The first-order valence-corrected chi connectivity index (χ1v) is 8.05. The van der Waals surface area contributed by atoms with Crippen molar-refractivity contribution in [1.82, 2.24) is 10.2 Å². The summed E-state index contributed by atoms with van der Waals surface area (Å²) in [4.78, 5) is 0.614. The summed E-state index contributed by atoms with van der Waals surface area (Å²) in [5.74, 6) is 1.36. The van der Waals surface area contributed by atoms with Crippen LogP contribution in [-0.2, 0) is 9.05 Å². The second-order valence-electron chi connectivity index (χ2n) is 3.78. The van der Waals surface area contributed by atoms with E-state index in [0.717, 1.165) is 24.2 Å². The van der Waals surface area contributed by atoms with E-state index in [9.17, 15) is 8.42 Å². The van der Waals surface area contributed by atoms with Crippen molar-refractivity contribution >= 4 is 31.1 Å². The molecule has 1 aliphatic rings. The zero-order chi connectivity index (χ0) is 12.0. The molecular formula is C9H7ClN2O3S2. The second kappa shape index (κ2) is 3.79. The quantitative estimate of drug-likeness (QED) is 0.812. The van der Waals surface area contributed by atoms with Crippen LogP contribution in [0.3, 0.4) is 0 Å². The van der Waals surface area contributed by atoms with Crippen LogP contribution in [0, 0.1) is 0 Å². The molecule has 0 radical (unpaired) electrons. The lowest BCUT2D eigenvalue weighted by molar-refractivity contribution is 0.509. The Morgan fingerprint density at radius 3 is 2.71 bits per heavy atom. The molecule has 0 amide bonds. The molecule has 0 atom stereocenters. The summed E-state index contributed by atoms with van der Waals surface area (Å²) in [7, 11) is 1.55. The van der Waals surface area contributed by atoms with Gasteiger partial charge in [0.15, 0.2) is 0 Å². The largest absolute Gasteiger partial charge is 0.420 e. The van der Waals surface area contributed by atoms with Gasteiger partial charge < -0.3 is 4.42 Å². The third kappa shape index (κ3) is 2.22. The van der Waals surface area contributed by atoms with Crippen LogP contribution in [0.4, 0.5) is 0 Å². The fourth-order valence-corrected chi connectivity index (χ4v) is 3.39. The number of aromatic nitrogens is 2. The summed E-state index contributed by atoms with van der Waals surface area (Å²) in [6.07, 6.45) is 2.15. The topological polar surface area (TPSA) is 73.1 Å². The van der Waals surface area contributed by atoms with Crippen molar-refractivity contribution < 1.29 is 12.8 Å². The van der Waals surface area contributed by atoms with E-state index >= 15 is 0 Å². The first kappa shape index (κ1) is 11.2. The van der Waals surface area contributed by atoms with Gasteiger partial charge in [0.05, 0.1) is 4.88 Å². The van der Waals surface area contributed by atoms with Crippen LogP contribution in [0.15, 0.2) is 20.8 Å². The monoisotopic (exact) mass is 290 g/mol. The molecular weight excluding hydrogens is 284 g/mol. The molecule has 1 fully saturated rings. The maximum Gasteiger partial charge on any atom is 0.270 e. The van der Waals surface area contributed by atoms with Crippen molar-refractivity contribution in [2.45, 2.75) is 23.0 Å². The van der Waals surface area contributed by atoms with Gasteiger partial charge in [-0.1, -0.05) is 0 Å². The van der Waals surface area contributed by atoms with E-state index in [2.05, 4.69) is 10.2 Å². The third-order valence-electron chi connectivity index (χ3n) is 2.40. The first-order chi connectivity index (χ1) is 8.04. The Kier molecular flexibility index (Phi) is 2.49. The predicted octanol–water partition coefficient (Wildman–Crippen LogP) is 2.60. The highest BCUT2D eigenvalue weighted by molar-refractivity contribution is 8.15. The lowest BCUT2D eigenvalue weighted by Gasteiger charge is -1.87. The molecule has 0 spiro atoms. The highest BCUT2D eigenvalue weighted by atomic mass is 35.7. The number of thiophene rings is 1. The lowest BCUT2D eigenvalue weighted by atomic mass is 10.4. The summed E-state index contributed by atoms with van der Waals surface area (Å²) in [6.45, 7) is 0. The number of hydrogen-bond acceptors (Lipinski definition) is 6. The highest BCUT2D eigenvalue weighted by Crippen LogP contribution is 2.40. The fourth-order valence-electron chi connectivity index (χ4n) is 1.40. The van der Waals surface area contributed by atoms with Crippen molar-refractivity contribution in [2.75, 3.05) is 0 Å². The van der Waals surface area contributed by atoms with Gasteiger partial charge in [-0.25, -0.2) is 8.42 Å². The minimum atomic E-state index is -3.69. The van der Waals surface area contributed by atoms with Gasteiger partial charge in [-0.05, 0) is 25.0 Å². The number of halogens is 1. The van der Waals surface area contributed by atoms with Gasteiger partial charge in [-0.3, -0.25) is 0 Å². The van der Waals surface area contributed by atoms with E-state index < -0.39 is 9.05 Å². The zero-order valence-corrected chi connectivity index (χ0v) is 10.8. The van der Waals surface area contributed by atoms with Gasteiger partial charge in [0.1, 0.15) is 4.21 Å². The molecule has 1 saturated carbocycles. The van der Waals surface area contributed by atoms with Gasteiger partial charge in [0, 0.05) is 16.6 Å². The van der Waals surface area contributed by atoms with Crippen LogP contribution in [0.2, 0.25) is 0 Å². The fraction of sp³-hybridized carbons (Fsp3) is 0.333. The Labute approximate surface area is 106 Å². The SMILES string of the molecule is O=S(=O)(Cl)c1ccc(-c2nnc(C3CC3)o2)s1. The molecule has 2 heterocycles. The standard InChI is InChI=1S/C9H7ClN2O3S2/c10-17(13,14)7-4-3-6(16-7)9-12-11-8(15-9)5-1-2-5/h3-5H,1-2H2. The predicted molar refractivity (Wildman–Crippen MR) is 62.6 cm³/mol. The molecule has 0 bridgehead atoms. The van der Waals surface area contributed by atoms with Crippen LogP contribution >= 0.6 is 22.0 Å². The molecule has 2 aromatic rings. The number of hydrogen-bond donors (Lipinski definition) is 0. The zero-order valence-electron chi connectivity index (χ0n) is 8.46. The van der Waals surface area contributed by atoms with E-state index in [4.69, 9.17) is 15.1 Å². The molecule has 3 rings (SSSR count). The third-order valence-corrected chi connectivity index (χ3v) is 5.57. The van der Waals surface area contributed by atoms with Crippen LogP contribution in [0.5, 0.6) is 0 Å². The van der Waals surface area contributed by atoms with E-state index in [0.29, 0.717) is 22.6 Å². The highest BCUT2D eigenvalue weighted by Gasteiger charge is 2.29. The van der Waals surface area contributed by atoms with Crippen LogP contribution in [-0.4, -0.2) is 18.6 Å². The van der Waals surface area contributed by atoms with E-state index in [-0.39, 0.29) is 4.21 Å². The molecule has 8 heteroatoms. The smallest absolute Gasteiger partial charge is 0.270 e. The van der Waals surface area contributed by atoms with Gasteiger partial charge in [-0.2, -0.15) is 0 Å². The average molecular weight is 291 g/mol. The second-order valence-corrected chi connectivity index (χ2v) is 7.65.